The van der Waals surface area contributed by atoms with Crippen LogP contribution in [0.4, 0.5) is 11.4 Å². The molecule has 26 heavy (non-hydrogen) atoms. The Labute approximate surface area is 154 Å². The molecule has 1 aliphatic heterocycles. The summed E-state index contributed by atoms with van der Waals surface area (Å²) in [5, 5.41) is 0. The molecule has 0 radical (unpaired) electrons. The van der Waals surface area contributed by atoms with E-state index in [2.05, 4.69) is 4.72 Å². The number of benzene rings is 2. The van der Waals surface area contributed by atoms with Crippen molar-refractivity contribution in [3.63, 3.8) is 0 Å². The van der Waals surface area contributed by atoms with Crippen molar-refractivity contribution >= 4 is 27.3 Å². The second kappa shape index (κ2) is 7.47. The number of hydrogen-bond acceptors (Lipinski definition) is 4. The molecule has 0 fully saturated rings. The number of nitrogens with zero attached hydrogens (tertiary/aromatic N) is 1. The number of anilines is 2. The van der Waals surface area contributed by atoms with Gasteiger partial charge in [-0.1, -0.05) is 18.2 Å². The van der Waals surface area contributed by atoms with Crippen molar-refractivity contribution in [1.82, 2.24) is 4.72 Å². The van der Waals surface area contributed by atoms with Gasteiger partial charge < -0.3 is 10.6 Å². The molecule has 138 valence electrons. The number of nitrogens with two attached hydrogens (primary N) is 1. The summed E-state index contributed by atoms with van der Waals surface area (Å²) >= 11 is 0. The summed E-state index contributed by atoms with van der Waals surface area (Å²) in [5.74, 6) is 0.0588. The Bertz CT molecular complexity index is 908. The van der Waals surface area contributed by atoms with Gasteiger partial charge >= 0.3 is 0 Å². The van der Waals surface area contributed by atoms with Crippen LogP contribution >= 0.6 is 0 Å². The molecular formula is C19H23N3O3S. The Morgan fingerprint density at radius 1 is 1.19 bits per heavy atom. The monoisotopic (exact) mass is 373 g/mol. The number of aryl methyl sites for hydroxylation is 1. The van der Waals surface area contributed by atoms with E-state index in [-0.39, 0.29) is 10.8 Å². The van der Waals surface area contributed by atoms with Crippen LogP contribution in [0, 0.1) is 0 Å². The largest absolute Gasteiger partial charge is 0.398 e. The molecule has 0 spiro atoms. The van der Waals surface area contributed by atoms with Crippen LogP contribution in [0.25, 0.3) is 0 Å². The third-order valence-electron chi connectivity index (χ3n) is 4.72. The number of fused-ring (bicyclic) bond motifs is 1. The van der Waals surface area contributed by atoms with Gasteiger partial charge in [-0.2, -0.15) is 0 Å². The van der Waals surface area contributed by atoms with Gasteiger partial charge in [0.25, 0.3) is 0 Å². The van der Waals surface area contributed by atoms with Crippen LogP contribution in [0.15, 0.2) is 47.4 Å². The van der Waals surface area contributed by atoms with Crippen LogP contribution in [0.3, 0.4) is 0 Å². The number of nitrogens with one attached hydrogen (secondary N) is 1. The van der Waals surface area contributed by atoms with E-state index >= 15 is 0 Å². The Hall–Kier alpha value is -2.38. The summed E-state index contributed by atoms with van der Waals surface area (Å²) in [7, 11) is -2.06. The molecule has 7 heteroatoms. The summed E-state index contributed by atoms with van der Waals surface area (Å²) in [6, 6.07) is 12.3. The van der Waals surface area contributed by atoms with Crippen molar-refractivity contribution in [3.05, 3.63) is 53.6 Å². The topological polar surface area (TPSA) is 92.5 Å². The van der Waals surface area contributed by atoms with E-state index in [0.717, 1.165) is 35.3 Å². The predicted molar refractivity (Wildman–Crippen MR) is 103 cm³/mol. The predicted octanol–water partition coefficient (Wildman–Crippen LogP) is 2.09. The number of amides is 1. The van der Waals surface area contributed by atoms with Crippen LogP contribution in [-0.4, -0.2) is 27.9 Å². The molecule has 0 saturated carbocycles. The number of carbonyl (C=O) groups excluding carboxylic acids is 1. The third-order valence-corrected chi connectivity index (χ3v) is 6.15. The van der Waals surface area contributed by atoms with E-state index in [1.165, 1.54) is 7.05 Å². The lowest BCUT2D eigenvalue weighted by molar-refractivity contribution is -0.118. The lowest BCUT2D eigenvalue weighted by Crippen LogP contribution is -2.35. The van der Waals surface area contributed by atoms with Gasteiger partial charge in [0.15, 0.2) is 0 Å². The van der Waals surface area contributed by atoms with Crippen molar-refractivity contribution < 1.29 is 13.2 Å². The lowest BCUT2D eigenvalue weighted by Gasteiger charge is -2.30. The summed E-state index contributed by atoms with van der Waals surface area (Å²) in [6.07, 6.45) is 2.73. The number of hydrogen-bond donors (Lipinski definition) is 2. The van der Waals surface area contributed by atoms with Gasteiger partial charge in [-0.25, -0.2) is 13.1 Å². The summed E-state index contributed by atoms with van der Waals surface area (Å²) in [6.45, 7) is 0.703. The van der Waals surface area contributed by atoms with Gasteiger partial charge in [-0.3, -0.25) is 4.79 Å². The zero-order valence-electron chi connectivity index (χ0n) is 14.7. The third kappa shape index (κ3) is 3.73. The highest BCUT2D eigenvalue weighted by atomic mass is 32.2. The maximum atomic E-state index is 12.7. The number of sulfonamides is 1. The maximum Gasteiger partial charge on any atom is 0.240 e. The van der Waals surface area contributed by atoms with E-state index < -0.39 is 10.0 Å². The van der Waals surface area contributed by atoms with E-state index in [1.807, 2.05) is 23.1 Å². The molecule has 2 aromatic rings. The van der Waals surface area contributed by atoms with Crippen LogP contribution in [-0.2, 0) is 27.7 Å². The first-order valence-electron chi connectivity index (χ1n) is 8.62. The van der Waals surface area contributed by atoms with Crippen molar-refractivity contribution in [2.24, 2.45) is 0 Å². The summed E-state index contributed by atoms with van der Waals surface area (Å²) in [5.41, 5.74) is 9.67. The smallest absolute Gasteiger partial charge is 0.240 e. The SMILES string of the molecule is CNS(=O)(=O)c1ccc(CCC(=O)N2CCCc3c(N)cccc32)cc1. The lowest BCUT2D eigenvalue weighted by atomic mass is 9.99. The van der Waals surface area contributed by atoms with Crippen LogP contribution in [0.2, 0.25) is 0 Å². The molecule has 3 rings (SSSR count). The second-order valence-corrected chi connectivity index (χ2v) is 8.23. The molecule has 1 aliphatic rings. The second-order valence-electron chi connectivity index (χ2n) is 6.35. The van der Waals surface area contributed by atoms with Gasteiger partial charge in [0.2, 0.25) is 15.9 Å². The molecule has 0 atom stereocenters. The minimum Gasteiger partial charge on any atom is -0.398 e. The first-order valence-corrected chi connectivity index (χ1v) is 10.1. The van der Waals surface area contributed by atoms with Crippen molar-refractivity contribution in [2.45, 2.75) is 30.6 Å². The highest BCUT2D eigenvalue weighted by Crippen LogP contribution is 2.31. The molecule has 6 nitrogen and oxygen atoms in total. The van der Waals surface area contributed by atoms with Crippen LogP contribution in [0.5, 0.6) is 0 Å². The average Bonchev–Trinajstić information content (AvgIpc) is 2.66. The van der Waals surface area contributed by atoms with Gasteiger partial charge in [-0.05, 0) is 61.7 Å². The minimum absolute atomic E-state index is 0.0588. The molecule has 0 aromatic heterocycles. The molecule has 0 saturated heterocycles. The molecule has 0 unspecified atom stereocenters. The summed E-state index contributed by atoms with van der Waals surface area (Å²) in [4.78, 5) is 14.7. The van der Waals surface area contributed by atoms with Gasteiger partial charge in [-0.15, -0.1) is 0 Å². The van der Waals surface area contributed by atoms with E-state index in [4.69, 9.17) is 5.73 Å². The van der Waals surface area contributed by atoms with Gasteiger partial charge in [0.05, 0.1) is 4.90 Å². The number of carbonyl (C=O) groups is 1. The highest BCUT2D eigenvalue weighted by Gasteiger charge is 2.23. The Balaban J connectivity index is 1.68. The fourth-order valence-electron chi connectivity index (χ4n) is 3.25. The maximum absolute atomic E-state index is 12.7. The minimum atomic E-state index is -3.44. The number of rotatable bonds is 5. The van der Waals surface area contributed by atoms with Gasteiger partial charge in [0.1, 0.15) is 0 Å². The summed E-state index contributed by atoms with van der Waals surface area (Å²) < 4.78 is 25.8. The highest BCUT2D eigenvalue weighted by molar-refractivity contribution is 7.89. The molecule has 2 aromatic carbocycles. The molecule has 1 heterocycles. The van der Waals surface area contributed by atoms with Crippen LogP contribution in [0.1, 0.15) is 24.0 Å². The fraction of sp³-hybridized carbons (Fsp3) is 0.316. The van der Waals surface area contributed by atoms with Crippen molar-refractivity contribution in [3.8, 4) is 0 Å². The van der Waals surface area contributed by atoms with Crippen LogP contribution < -0.4 is 15.4 Å². The molecule has 3 N–H and O–H groups in total. The van der Waals surface area contributed by atoms with E-state index in [0.29, 0.717) is 19.4 Å². The molecule has 1 amide bonds. The average molecular weight is 373 g/mol. The van der Waals surface area contributed by atoms with E-state index in [1.54, 1.807) is 24.3 Å². The van der Waals surface area contributed by atoms with Gasteiger partial charge in [0, 0.05) is 24.3 Å². The quantitative estimate of drug-likeness (QED) is 0.785. The zero-order valence-corrected chi connectivity index (χ0v) is 15.6. The normalized spacial score (nSPS) is 14.1. The standard InChI is InChI=1S/C19H23N3O3S/c1-21-26(24,25)15-10-7-14(8-11-15)9-12-19(23)22-13-3-4-16-17(20)5-2-6-18(16)22/h2,5-8,10-11,21H,3-4,9,12-13,20H2,1H3. The molecule has 0 aliphatic carbocycles. The Morgan fingerprint density at radius 3 is 2.62 bits per heavy atom. The Kier molecular flexibility index (Phi) is 5.29. The van der Waals surface area contributed by atoms with E-state index in [9.17, 15) is 13.2 Å². The first-order chi connectivity index (χ1) is 12.4. The first kappa shape index (κ1) is 18.4. The van der Waals surface area contributed by atoms with Crippen molar-refractivity contribution in [2.75, 3.05) is 24.2 Å². The molecule has 0 bridgehead atoms. The zero-order chi connectivity index (χ0) is 18.7. The Morgan fingerprint density at radius 2 is 1.92 bits per heavy atom. The van der Waals surface area contributed by atoms with Crippen molar-refractivity contribution in [1.29, 1.82) is 0 Å². The fourth-order valence-corrected chi connectivity index (χ4v) is 3.98. The molecular weight excluding hydrogens is 350 g/mol. The number of nitrogen functional groups attached to an aromatic ring is 1.